The van der Waals surface area contributed by atoms with E-state index in [2.05, 4.69) is 37.2 Å². The van der Waals surface area contributed by atoms with E-state index in [4.69, 9.17) is 10.3 Å². The summed E-state index contributed by atoms with van der Waals surface area (Å²) in [4.78, 5) is 15.3. The molecule has 0 aliphatic carbocycles. The number of anilines is 3. The molecule has 1 unspecified atom stereocenters. The van der Waals surface area contributed by atoms with Gasteiger partial charge in [-0.25, -0.2) is 0 Å². The Bertz CT molecular complexity index is 672. The fourth-order valence-electron chi connectivity index (χ4n) is 2.96. The number of piperidine rings is 1. The number of nitrogens with zero attached hydrogens (tertiary/aromatic N) is 5. The third-order valence-electron chi connectivity index (χ3n) is 4.20. The summed E-state index contributed by atoms with van der Waals surface area (Å²) in [7, 11) is 0. The van der Waals surface area contributed by atoms with Gasteiger partial charge >= 0.3 is 0 Å². The molecule has 1 atom stereocenters. The van der Waals surface area contributed by atoms with Crippen LogP contribution in [-0.4, -0.2) is 39.7 Å². The smallest absolute Gasteiger partial charge is 0.231 e. The highest BCUT2D eigenvalue weighted by molar-refractivity contribution is 5.53. The summed E-state index contributed by atoms with van der Waals surface area (Å²) in [5.41, 5.74) is 5.89. The average Bonchev–Trinajstić information content (AvgIpc) is 3.01. The van der Waals surface area contributed by atoms with Crippen LogP contribution in [0.4, 0.5) is 17.6 Å². The van der Waals surface area contributed by atoms with Gasteiger partial charge in [0.2, 0.25) is 11.8 Å². The Balaban J connectivity index is 1.72. The van der Waals surface area contributed by atoms with Crippen LogP contribution in [0, 0.1) is 6.92 Å². The number of hydrogen-bond acceptors (Lipinski definition) is 8. The Morgan fingerprint density at radius 2 is 2.25 bits per heavy atom. The van der Waals surface area contributed by atoms with Crippen LogP contribution in [0.5, 0.6) is 0 Å². The van der Waals surface area contributed by atoms with E-state index in [-0.39, 0.29) is 5.92 Å². The van der Waals surface area contributed by atoms with Crippen LogP contribution < -0.4 is 16.0 Å². The molecule has 0 amide bonds. The fourth-order valence-corrected chi connectivity index (χ4v) is 2.96. The van der Waals surface area contributed by atoms with Gasteiger partial charge < -0.3 is 20.5 Å². The minimum absolute atomic E-state index is 0.229. The van der Waals surface area contributed by atoms with Crippen LogP contribution >= 0.6 is 0 Å². The average molecular weight is 331 g/mol. The van der Waals surface area contributed by atoms with Crippen molar-refractivity contribution < 1.29 is 4.52 Å². The van der Waals surface area contributed by atoms with Gasteiger partial charge in [-0.2, -0.15) is 15.0 Å². The molecule has 130 valence electrons. The Morgan fingerprint density at radius 1 is 1.38 bits per heavy atom. The van der Waals surface area contributed by atoms with Crippen molar-refractivity contribution in [3.8, 4) is 0 Å². The first-order valence-electron chi connectivity index (χ1n) is 8.59. The number of aromatic nitrogens is 4. The summed E-state index contributed by atoms with van der Waals surface area (Å²) >= 11 is 0. The van der Waals surface area contributed by atoms with Gasteiger partial charge in [-0.05, 0) is 26.2 Å². The van der Waals surface area contributed by atoms with Crippen molar-refractivity contribution in [1.29, 1.82) is 0 Å². The molecule has 0 saturated carbocycles. The van der Waals surface area contributed by atoms with Crippen molar-refractivity contribution in [1.82, 2.24) is 20.1 Å². The van der Waals surface area contributed by atoms with Gasteiger partial charge in [-0.1, -0.05) is 18.5 Å². The quantitative estimate of drug-likeness (QED) is 0.777. The second-order valence-corrected chi connectivity index (χ2v) is 6.21. The highest BCUT2D eigenvalue weighted by atomic mass is 16.5. The number of unbranched alkanes of at least 4 members (excludes halogenated alkanes) is 1. The Labute approximate surface area is 141 Å². The molecule has 1 aliphatic heterocycles. The molecule has 3 heterocycles. The van der Waals surface area contributed by atoms with Crippen molar-refractivity contribution in [3.63, 3.8) is 0 Å². The Morgan fingerprint density at radius 3 is 3.00 bits per heavy atom. The van der Waals surface area contributed by atoms with E-state index in [0.29, 0.717) is 17.7 Å². The first kappa shape index (κ1) is 16.5. The lowest BCUT2D eigenvalue weighted by Crippen LogP contribution is -2.35. The normalized spacial score (nSPS) is 17.9. The number of nitrogens with two attached hydrogens (primary N) is 1. The van der Waals surface area contributed by atoms with Gasteiger partial charge in [-0.3, -0.25) is 0 Å². The van der Waals surface area contributed by atoms with E-state index in [1.165, 1.54) is 0 Å². The molecule has 1 aliphatic rings. The van der Waals surface area contributed by atoms with Crippen molar-refractivity contribution in [2.75, 3.05) is 35.6 Å². The van der Waals surface area contributed by atoms with Gasteiger partial charge in [0.05, 0.1) is 5.92 Å². The lowest BCUT2D eigenvalue weighted by atomic mass is 9.98. The largest absolute Gasteiger partial charge is 0.370 e. The standard InChI is InChI=1S/C16H25N7O/c1-3-4-7-18-13-9-14(21-16(17)20-13)23-8-5-6-12(10-23)15-19-11(2)22-24-15/h9,12H,3-8,10H2,1-2H3,(H3,17,18,20,21). The molecule has 1 fully saturated rings. The van der Waals surface area contributed by atoms with Gasteiger partial charge in [-0.15, -0.1) is 0 Å². The third kappa shape index (κ3) is 3.93. The predicted octanol–water partition coefficient (Wildman–Crippen LogP) is 2.35. The molecule has 8 heteroatoms. The fraction of sp³-hybridized carbons (Fsp3) is 0.625. The number of nitrogens with one attached hydrogen (secondary N) is 1. The van der Waals surface area contributed by atoms with Gasteiger partial charge in [0, 0.05) is 25.7 Å². The lowest BCUT2D eigenvalue weighted by molar-refractivity contribution is 0.331. The summed E-state index contributed by atoms with van der Waals surface area (Å²) in [6.45, 7) is 6.62. The van der Waals surface area contributed by atoms with E-state index < -0.39 is 0 Å². The minimum atomic E-state index is 0.229. The highest BCUT2D eigenvalue weighted by Crippen LogP contribution is 2.29. The van der Waals surface area contributed by atoms with E-state index in [9.17, 15) is 0 Å². The summed E-state index contributed by atoms with van der Waals surface area (Å²) in [5.74, 6) is 3.54. The first-order valence-corrected chi connectivity index (χ1v) is 8.59. The lowest BCUT2D eigenvalue weighted by Gasteiger charge is -2.32. The zero-order valence-electron chi connectivity index (χ0n) is 14.3. The Kier molecular flexibility index (Phi) is 5.12. The molecular formula is C16H25N7O. The van der Waals surface area contributed by atoms with Crippen LogP contribution in [0.1, 0.15) is 50.2 Å². The molecule has 0 aromatic carbocycles. The maximum absolute atomic E-state index is 5.89. The highest BCUT2D eigenvalue weighted by Gasteiger charge is 2.26. The zero-order chi connectivity index (χ0) is 16.9. The van der Waals surface area contributed by atoms with Gasteiger partial charge in [0.15, 0.2) is 5.82 Å². The molecule has 0 radical (unpaired) electrons. The van der Waals surface area contributed by atoms with Crippen LogP contribution in [0.15, 0.2) is 10.6 Å². The second-order valence-electron chi connectivity index (χ2n) is 6.21. The summed E-state index contributed by atoms with van der Waals surface area (Å²) < 4.78 is 5.34. The maximum atomic E-state index is 5.89. The molecule has 2 aromatic rings. The predicted molar refractivity (Wildman–Crippen MR) is 93.1 cm³/mol. The molecule has 3 N–H and O–H groups in total. The van der Waals surface area contributed by atoms with Crippen molar-refractivity contribution >= 4 is 17.6 Å². The summed E-state index contributed by atoms with van der Waals surface area (Å²) in [5, 5.41) is 7.21. The molecule has 1 saturated heterocycles. The van der Waals surface area contributed by atoms with E-state index in [0.717, 1.165) is 57.0 Å². The van der Waals surface area contributed by atoms with Crippen LogP contribution in [0.2, 0.25) is 0 Å². The Hall–Kier alpha value is -2.38. The van der Waals surface area contributed by atoms with E-state index in [1.54, 1.807) is 0 Å². The minimum Gasteiger partial charge on any atom is -0.370 e. The topological polar surface area (TPSA) is 106 Å². The van der Waals surface area contributed by atoms with Crippen molar-refractivity contribution in [3.05, 3.63) is 17.8 Å². The molecule has 24 heavy (non-hydrogen) atoms. The number of hydrogen-bond donors (Lipinski definition) is 2. The van der Waals surface area contributed by atoms with E-state index >= 15 is 0 Å². The van der Waals surface area contributed by atoms with Gasteiger partial charge in [0.1, 0.15) is 11.6 Å². The molecule has 2 aromatic heterocycles. The van der Waals surface area contributed by atoms with Gasteiger partial charge in [0.25, 0.3) is 0 Å². The van der Waals surface area contributed by atoms with Crippen LogP contribution in [-0.2, 0) is 0 Å². The summed E-state index contributed by atoms with van der Waals surface area (Å²) in [6.07, 6.45) is 4.33. The SMILES string of the molecule is CCCCNc1cc(N2CCCC(c3nc(C)no3)C2)nc(N)n1. The molecule has 8 nitrogen and oxygen atoms in total. The summed E-state index contributed by atoms with van der Waals surface area (Å²) in [6, 6.07) is 1.97. The number of rotatable bonds is 6. The third-order valence-corrected chi connectivity index (χ3v) is 4.20. The zero-order valence-corrected chi connectivity index (χ0v) is 14.3. The van der Waals surface area contributed by atoms with Crippen molar-refractivity contribution in [2.24, 2.45) is 0 Å². The monoisotopic (exact) mass is 331 g/mol. The number of nitrogen functional groups attached to an aromatic ring is 1. The maximum Gasteiger partial charge on any atom is 0.231 e. The second kappa shape index (κ2) is 7.46. The molecule has 3 rings (SSSR count). The molecule has 0 spiro atoms. The molecular weight excluding hydrogens is 306 g/mol. The molecule has 0 bridgehead atoms. The first-order chi connectivity index (χ1) is 11.7. The van der Waals surface area contributed by atoms with Crippen LogP contribution in [0.25, 0.3) is 0 Å². The van der Waals surface area contributed by atoms with Crippen LogP contribution in [0.3, 0.4) is 0 Å². The van der Waals surface area contributed by atoms with Crippen molar-refractivity contribution in [2.45, 2.75) is 45.4 Å². The van der Waals surface area contributed by atoms with E-state index in [1.807, 2.05) is 13.0 Å². The number of aryl methyl sites for hydroxylation is 1.